The van der Waals surface area contributed by atoms with Crippen LogP contribution in [-0.4, -0.2) is 33.3 Å². The summed E-state index contributed by atoms with van der Waals surface area (Å²) in [5.74, 6) is -0.462. The Labute approximate surface area is 110 Å². The summed E-state index contributed by atoms with van der Waals surface area (Å²) in [5.41, 5.74) is -0.111. The fourth-order valence-corrected chi connectivity index (χ4v) is 2.54. The van der Waals surface area contributed by atoms with Crippen molar-refractivity contribution in [1.29, 1.82) is 0 Å². The zero-order valence-corrected chi connectivity index (χ0v) is 11.8. The first-order valence-electron chi connectivity index (χ1n) is 5.85. The highest BCUT2D eigenvalue weighted by atomic mass is 32.2. The Hall–Kier alpha value is -0.780. The zero-order chi connectivity index (χ0) is 13.8. The molecule has 1 aromatic carbocycles. The Morgan fingerprint density at radius 1 is 1.39 bits per heavy atom. The topological polar surface area (TPSA) is 49.3 Å². The molecule has 5 heteroatoms. The maximum Gasteiger partial charge on any atom is 0.139 e. The maximum atomic E-state index is 13.4. The molecule has 18 heavy (non-hydrogen) atoms. The maximum absolute atomic E-state index is 13.4. The molecule has 0 bridgehead atoms. The third-order valence-corrected chi connectivity index (χ3v) is 3.80. The first kappa shape index (κ1) is 15.3. The minimum atomic E-state index is -1.52. The molecule has 0 radical (unpaired) electrons. The second kappa shape index (κ2) is 6.41. The summed E-state index contributed by atoms with van der Waals surface area (Å²) >= 11 is 0. The summed E-state index contributed by atoms with van der Waals surface area (Å²) in [6, 6.07) is 5.94. The van der Waals surface area contributed by atoms with Crippen LogP contribution in [0, 0.1) is 5.82 Å². The number of halogens is 1. The molecule has 0 aliphatic rings. The van der Waals surface area contributed by atoms with Crippen molar-refractivity contribution >= 4 is 10.8 Å². The van der Waals surface area contributed by atoms with Gasteiger partial charge in [-0.3, -0.25) is 4.21 Å². The Morgan fingerprint density at radius 2 is 2.00 bits per heavy atom. The number of benzene rings is 1. The fourth-order valence-electron chi connectivity index (χ4n) is 1.38. The van der Waals surface area contributed by atoms with Gasteiger partial charge < -0.3 is 10.4 Å². The summed E-state index contributed by atoms with van der Waals surface area (Å²) in [6.45, 7) is 6.28. The van der Waals surface area contributed by atoms with Crippen LogP contribution in [0.5, 0.6) is 0 Å². The van der Waals surface area contributed by atoms with Crippen LogP contribution in [0.15, 0.2) is 29.2 Å². The highest BCUT2D eigenvalue weighted by molar-refractivity contribution is 7.85. The molecule has 2 unspecified atom stereocenters. The molecule has 1 aromatic rings. The van der Waals surface area contributed by atoms with Gasteiger partial charge in [0.25, 0.3) is 0 Å². The van der Waals surface area contributed by atoms with Gasteiger partial charge in [-0.15, -0.1) is 0 Å². The lowest BCUT2D eigenvalue weighted by Gasteiger charge is -2.22. The summed E-state index contributed by atoms with van der Waals surface area (Å²) in [5, 5.41) is 12.9. The summed E-state index contributed by atoms with van der Waals surface area (Å²) in [6.07, 6.45) is -0.760. The van der Waals surface area contributed by atoms with Gasteiger partial charge >= 0.3 is 0 Å². The third-order valence-electron chi connectivity index (χ3n) is 2.29. The van der Waals surface area contributed by atoms with Gasteiger partial charge in [0.05, 0.1) is 27.6 Å². The van der Waals surface area contributed by atoms with Gasteiger partial charge in [0.15, 0.2) is 0 Å². The summed E-state index contributed by atoms with van der Waals surface area (Å²) < 4.78 is 25.3. The number of aliphatic hydroxyl groups excluding tert-OH is 1. The number of hydrogen-bond donors (Lipinski definition) is 2. The largest absolute Gasteiger partial charge is 0.391 e. The predicted molar refractivity (Wildman–Crippen MR) is 71.4 cm³/mol. The van der Waals surface area contributed by atoms with E-state index in [2.05, 4.69) is 5.32 Å². The van der Waals surface area contributed by atoms with E-state index in [4.69, 9.17) is 0 Å². The molecule has 1 rings (SSSR count). The fraction of sp³-hybridized carbons (Fsp3) is 0.538. The van der Waals surface area contributed by atoms with Crippen molar-refractivity contribution in [3.05, 3.63) is 30.1 Å². The first-order valence-corrected chi connectivity index (χ1v) is 7.17. The van der Waals surface area contributed by atoms with Gasteiger partial charge in [-0.2, -0.15) is 0 Å². The Balaban J connectivity index is 2.53. The molecule has 0 saturated heterocycles. The first-order chi connectivity index (χ1) is 8.29. The van der Waals surface area contributed by atoms with Gasteiger partial charge in [-0.25, -0.2) is 4.39 Å². The molecule has 0 fully saturated rings. The number of β-amino-alcohol motifs (C(OH)–C–C–N with tert-alkyl or cyclic N) is 1. The molecule has 3 nitrogen and oxygen atoms in total. The van der Waals surface area contributed by atoms with E-state index in [-0.39, 0.29) is 16.2 Å². The lowest BCUT2D eigenvalue weighted by molar-refractivity contribution is 0.182. The van der Waals surface area contributed by atoms with Crippen molar-refractivity contribution in [2.24, 2.45) is 0 Å². The molecule has 2 N–H and O–H groups in total. The van der Waals surface area contributed by atoms with E-state index >= 15 is 0 Å². The summed E-state index contributed by atoms with van der Waals surface area (Å²) in [4.78, 5) is 0.146. The van der Waals surface area contributed by atoms with Crippen LogP contribution in [0.3, 0.4) is 0 Å². The Kier molecular flexibility index (Phi) is 5.44. The van der Waals surface area contributed by atoms with Crippen LogP contribution in [0.4, 0.5) is 4.39 Å². The minimum Gasteiger partial charge on any atom is -0.391 e. The zero-order valence-electron chi connectivity index (χ0n) is 10.9. The van der Waals surface area contributed by atoms with Crippen LogP contribution >= 0.6 is 0 Å². The van der Waals surface area contributed by atoms with Gasteiger partial charge in [-0.05, 0) is 32.9 Å². The predicted octanol–water partition coefficient (Wildman–Crippen LogP) is 1.68. The molecule has 0 aliphatic heterocycles. The average molecular weight is 273 g/mol. The third kappa shape index (κ3) is 5.25. The van der Waals surface area contributed by atoms with Crippen molar-refractivity contribution < 1.29 is 13.7 Å². The minimum absolute atomic E-state index is 0.0318. The molecule has 0 spiro atoms. The van der Waals surface area contributed by atoms with Crippen LogP contribution in [-0.2, 0) is 10.8 Å². The molecule has 0 amide bonds. The number of nitrogens with one attached hydrogen (secondary N) is 1. The van der Waals surface area contributed by atoms with E-state index in [1.807, 2.05) is 20.8 Å². The highest BCUT2D eigenvalue weighted by Crippen LogP contribution is 2.12. The number of hydrogen-bond acceptors (Lipinski definition) is 3. The van der Waals surface area contributed by atoms with Crippen molar-refractivity contribution in [1.82, 2.24) is 5.32 Å². The van der Waals surface area contributed by atoms with E-state index in [1.54, 1.807) is 12.1 Å². The average Bonchev–Trinajstić information content (AvgIpc) is 2.26. The van der Waals surface area contributed by atoms with E-state index in [1.165, 1.54) is 12.1 Å². The summed E-state index contributed by atoms with van der Waals surface area (Å²) in [7, 11) is -1.52. The normalized spacial score (nSPS) is 15.4. The van der Waals surface area contributed by atoms with E-state index in [9.17, 15) is 13.7 Å². The van der Waals surface area contributed by atoms with Gasteiger partial charge in [-0.1, -0.05) is 12.1 Å². The van der Waals surface area contributed by atoms with Crippen molar-refractivity contribution in [3.8, 4) is 0 Å². The molecule has 0 aliphatic carbocycles. The smallest absolute Gasteiger partial charge is 0.139 e. The second-order valence-electron chi connectivity index (χ2n) is 5.23. The lowest BCUT2D eigenvalue weighted by Crippen LogP contribution is -2.42. The SMILES string of the molecule is CC(C)(C)NCC(O)CS(=O)c1ccccc1F. The number of aliphatic hydroxyl groups is 1. The molecule has 102 valence electrons. The van der Waals surface area contributed by atoms with Crippen molar-refractivity contribution in [3.63, 3.8) is 0 Å². The molecular weight excluding hydrogens is 253 g/mol. The van der Waals surface area contributed by atoms with Crippen molar-refractivity contribution in [2.45, 2.75) is 37.3 Å². The standard InChI is InChI=1S/C13H20FNO2S/c1-13(2,3)15-8-10(16)9-18(17)12-7-5-4-6-11(12)14/h4-7,10,15-16H,8-9H2,1-3H3. The second-order valence-corrected chi connectivity index (χ2v) is 6.69. The molecular formula is C13H20FNO2S. The van der Waals surface area contributed by atoms with Crippen LogP contribution in [0.1, 0.15) is 20.8 Å². The van der Waals surface area contributed by atoms with Crippen LogP contribution < -0.4 is 5.32 Å². The van der Waals surface area contributed by atoms with Crippen LogP contribution in [0.2, 0.25) is 0 Å². The number of rotatable bonds is 5. The quantitative estimate of drug-likeness (QED) is 0.858. The Bertz CT molecular complexity index is 418. The highest BCUT2D eigenvalue weighted by Gasteiger charge is 2.16. The van der Waals surface area contributed by atoms with E-state index in [0.717, 1.165) is 0 Å². The lowest BCUT2D eigenvalue weighted by atomic mass is 10.1. The molecule has 0 aromatic heterocycles. The monoisotopic (exact) mass is 273 g/mol. The van der Waals surface area contributed by atoms with Gasteiger partial charge in [0.2, 0.25) is 0 Å². The van der Waals surface area contributed by atoms with Gasteiger partial charge in [0.1, 0.15) is 5.82 Å². The van der Waals surface area contributed by atoms with E-state index in [0.29, 0.717) is 6.54 Å². The van der Waals surface area contributed by atoms with Crippen LogP contribution in [0.25, 0.3) is 0 Å². The molecule has 2 atom stereocenters. The Morgan fingerprint density at radius 3 is 2.56 bits per heavy atom. The molecule has 0 saturated carbocycles. The molecule has 0 heterocycles. The van der Waals surface area contributed by atoms with Crippen molar-refractivity contribution in [2.75, 3.05) is 12.3 Å². The van der Waals surface area contributed by atoms with Gasteiger partial charge in [0, 0.05) is 12.1 Å². The van der Waals surface area contributed by atoms with E-state index < -0.39 is 22.7 Å².